The summed E-state index contributed by atoms with van der Waals surface area (Å²) in [5.74, 6) is -0.0208. The Kier molecular flexibility index (Phi) is 4.35. The van der Waals surface area contributed by atoms with E-state index in [1.54, 1.807) is 6.08 Å². The predicted molar refractivity (Wildman–Crippen MR) is 79.8 cm³/mol. The van der Waals surface area contributed by atoms with Crippen LogP contribution in [0.25, 0.3) is 10.8 Å². The van der Waals surface area contributed by atoms with Crippen molar-refractivity contribution in [2.45, 2.75) is 26.8 Å². The van der Waals surface area contributed by atoms with Gasteiger partial charge in [0, 0.05) is 12.6 Å². The Hall–Kier alpha value is -2.09. The maximum atomic E-state index is 11.7. The Morgan fingerprint density at radius 3 is 2.63 bits per heavy atom. The molecule has 0 unspecified atom stereocenters. The molecule has 0 heterocycles. The van der Waals surface area contributed by atoms with E-state index in [0.29, 0.717) is 6.54 Å². The van der Waals surface area contributed by atoms with Gasteiger partial charge < -0.3 is 5.32 Å². The molecule has 0 saturated carbocycles. The highest BCUT2D eigenvalue weighted by molar-refractivity contribution is 5.88. The molecule has 19 heavy (non-hydrogen) atoms. The largest absolute Gasteiger partial charge is 0.348 e. The molecule has 0 aliphatic rings. The zero-order chi connectivity index (χ0) is 13.7. The fraction of sp³-hybridized carbons (Fsp3) is 0.235. The molecule has 0 bridgehead atoms. The fourth-order valence-electron chi connectivity index (χ4n) is 1.91. The molecule has 2 aromatic carbocycles. The molecule has 0 aliphatic heterocycles. The number of allylic oxidation sites excluding steroid dienone is 1. The van der Waals surface area contributed by atoms with Crippen LogP contribution in [0, 0.1) is 0 Å². The van der Waals surface area contributed by atoms with Gasteiger partial charge in [-0.05, 0) is 35.7 Å². The van der Waals surface area contributed by atoms with E-state index in [-0.39, 0.29) is 5.91 Å². The number of carbonyl (C=O) groups is 1. The summed E-state index contributed by atoms with van der Waals surface area (Å²) in [4.78, 5) is 11.7. The van der Waals surface area contributed by atoms with Crippen molar-refractivity contribution in [3.63, 3.8) is 0 Å². The van der Waals surface area contributed by atoms with Crippen molar-refractivity contribution < 1.29 is 4.79 Å². The van der Waals surface area contributed by atoms with Crippen molar-refractivity contribution in [2.24, 2.45) is 0 Å². The predicted octanol–water partition coefficient (Wildman–Crippen LogP) is 3.81. The van der Waals surface area contributed by atoms with Crippen LogP contribution in [0.4, 0.5) is 0 Å². The lowest BCUT2D eigenvalue weighted by molar-refractivity contribution is -0.116. The first-order valence-corrected chi connectivity index (χ1v) is 6.61. The third-order valence-corrected chi connectivity index (χ3v) is 3.22. The summed E-state index contributed by atoms with van der Waals surface area (Å²) in [5, 5.41) is 5.34. The third-order valence-electron chi connectivity index (χ3n) is 3.22. The molecule has 0 aromatic heterocycles. The second-order valence-corrected chi connectivity index (χ2v) is 4.74. The monoisotopic (exact) mass is 253 g/mol. The van der Waals surface area contributed by atoms with E-state index in [9.17, 15) is 4.79 Å². The summed E-state index contributed by atoms with van der Waals surface area (Å²) < 4.78 is 0. The van der Waals surface area contributed by atoms with Crippen molar-refractivity contribution in [3.05, 3.63) is 59.7 Å². The van der Waals surface area contributed by atoms with Gasteiger partial charge in [-0.1, -0.05) is 48.9 Å². The van der Waals surface area contributed by atoms with Crippen molar-refractivity contribution in [2.75, 3.05) is 0 Å². The van der Waals surface area contributed by atoms with Gasteiger partial charge in [-0.3, -0.25) is 4.79 Å². The van der Waals surface area contributed by atoms with Crippen LogP contribution in [-0.2, 0) is 11.3 Å². The smallest absolute Gasteiger partial charge is 0.244 e. The minimum Gasteiger partial charge on any atom is -0.348 e. The first kappa shape index (κ1) is 13.3. The van der Waals surface area contributed by atoms with Gasteiger partial charge in [-0.15, -0.1) is 0 Å². The average molecular weight is 253 g/mol. The zero-order valence-corrected chi connectivity index (χ0v) is 11.4. The molecule has 1 N–H and O–H groups in total. The highest BCUT2D eigenvalue weighted by Crippen LogP contribution is 2.15. The molecule has 2 heteroatoms. The van der Waals surface area contributed by atoms with Gasteiger partial charge in [0.2, 0.25) is 5.91 Å². The van der Waals surface area contributed by atoms with Crippen LogP contribution in [0.3, 0.4) is 0 Å². The van der Waals surface area contributed by atoms with Crippen LogP contribution in [0.1, 0.15) is 25.8 Å². The molecule has 0 radical (unpaired) electrons. The van der Waals surface area contributed by atoms with Crippen LogP contribution in [0.2, 0.25) is 0 Å². The van der Waals surface area contributed by atoms with Gasteiger partial charge in [0.25, 0.3) is 0 Å². The first-order valence-electron chi connectivity index (χ1n) is 6.61. The lowest BCUT2D eigenvalue weighted by Gasteiger charge is -2.05. The van der Waals surface area contributed by atoms with Crippen LogP contribution >= 0.6 is 0 Å². The van der Waals surface area contributed by atoms with Gasteiger partial charge in [-0.2, -0.15) is 0 Å². The van der Waals surface area contributed by atoms with Crippen LogP contribution in [0.5, 0.6) is 0 Å². The number of nitrogens with one attached hydrogen (secondary N) is 1. The van der Waals surface area contributed by atoms with Gasteiger partial charge in [0.1, 0.15) is 0 Å². The standard InChI is InChI=1S/C17H19NO/c1-3-13(2)10-17(19)18-12-14-8-9-15-6-4-5-7-16(15)11-14/h4-11H,3,12H2,1-2H3,(H,18,19). The van der Waals surface area contributed by atoms with E-state index in [1.165, 1.54) is 10.8 Å². The SMILES string of the molecule is CCC(C)=CC(=O)NCc1ccc2ccccc2c1. The molecular formula is C17H19NO. The van der Waals surface area contributed by atoms with E-state index >= 15 is 0 Å². The molecular weight excluding hydrogens is 234 g/mol. The topological polar surface area (TPSA) is 29.1 Å². The lowest BCUT2D eigenvalue weighted by Crippen LogP contribution is -2.20. The number of hydrogen-bond acceptors (Lipinski definition) is 1. The molecule has 0 spiro atoms. The summed E-state index contributed by atoms with van der Waals surface area (Å²) >= 11 is 0. The van der Waals surface area contributed by atoms with Crippen molar-refractivity contribution in [1.82, 2.24) is 5.32 Å². The molecule has 2 rings (SSSR count). The number of fused-ring (bicyclic) bond motifs is 1. The van der Waals surface area contributed by atoms with E-state index in [1.807, 2.05) is 26.0 Å². The van der Waals surface area contributed by atoms with Crippen LogP contribution < -0.4 is 5.32 Å². The second kappa shape index (κ2) is 6.19. The highest BCUT2D eigenvalue weighted by atomic mass is 16.1. The Bertz CT molecular complexity index is 613. The summed E-state index contributed by atoms with van der Waals surface area (Å²) in [6.45, 7) is 4.58. The number of amides is 1. The Morgan fingerprint density at radius 2 is 1.89 bits per heavy atom. The maximum absolute atomic E-state index is 11.7. The van der Waals surface area contributed by atoms with E-state index in [4.69, 9.17) is 0 Å². The van der Waals surface area contributed by atoms with E-state index in [0.717, 1.165) is 17.6 Å². The summed E-state index contributed by atoms with van der Waals surface area (Å²) in [6, 6.07) is 14.5. The fourth-order valence-corrected chi connectivity index (χ4v) is 1.91. The molecule has 0 saturated heterocycles. The van der Waals surface area contributed by atoms with Crippen molar-refractivity contribution in [1.29, 1.82) is 0 Å². The molecule has 2 aromatic rings. The highest BCUT2D eigenvalue weighted by Gasteiger charge is 1.99. The minimum absolute atomic E-state index is 0.0208. The summed E-state index contributed by atoms with van der Waals surface area (Å²) in [5.41, 5.74) is 2.21. The number of hydrogen-bond donors (Lipinski definition) is 1. The van der Waals surface area contributed by atoms with Crippen molar-refractivity contribution in [3.8, 4) is 0 Å². The Labute approximate surface area is 114 Å². The number of carbonyl (C=O) groups excluding carboxylic acids is 1. The quantitative estimate of drug-likeness (QED) is 0.825. The Balaban J connectivity index is 2.04. The van der Waals surface area contributed by atoms with Gasteiger partial charge in [0.05, 0.1) is 0 Å². The zero-order valence-electron chi connectivity index (χ0n) is 11.4. The molecule has 0 atom stereocenters. The van der Waals surface area contributed by atoms with Gasteiger partial charge in [0.15, 0.2) is 0 Å². The molecule has 1 amide bonds. The Morgan fingerprint density at radius 1 is 1.16 bits per heavy atom. The minimum atomic E-state index is -0.0208. The van der Waals surface area contributed by atoms with Crippen molar-refractivity contribution >= 4 is 16.7 Å². The summed E-state index contributed by atoms with van der Waals surface area (Å²) in [7, 11) is 0. The normalized spacial score (nSPS) is 11.6. The van der Waals surface area contributed by atoms with Gasteiger partial charge in [-0.25, -0.2) is 0 Å². The molecule has 0 aliphatic carbocycles. The van der Waals surface area contributed by atoms with Crippen LogP contribution in [0.15, 0.2) is 54.1 Å². The number of rotatable bonds is 4. The summed E-state index contributed by atoms with van der Waals surface area (Å²) in [6.07, 6.45) is 2.57. The van der Waals surface area contributed by atoms with E-state index < -0.39 is 0 Å². The third kappa shape index (κ3) is 3.68. The molecule has 0 fully saturated rings. The average Bonchev–Trinajstić information content (AvgIpc) is 2.44. The number of benzene rings is 2. The van der Waals surface area contributed by atoms with Gasteiger partial charge >= 0.3 is 0 Å². The second-order valence-electron chi connectivity index (χ2n) is 4.74. The van der Waals surface area contributed by atoms with E-state index in [2.05, 4.69) is 35.6 Å². The lowest BCUT2D eigenvalue weighted by atomic mass is 10.1. The molecule has 98 valence electrons. The van der Waals surface area contributed by atoms with Crippen LogP contribution in [-0.4, -0.2) is 5.91 Å². The maximum Gasteiger partial charge on any atom is 0.244 e. The first-order chi connectivity index (χ1) is 9.19. The molecule has 2 nitrogen and oxygen atoms in total.